The first-order chi connectivity index (χ1) is 6.09. The molecule has 4 heteroatoms. The van der Waals surface area contributed by atoms with Gasteiger partial charge in [-0.05, 0) is 19.3 Å². The van der Waals surface area contributed by atoms with Crippen LogP contribution in [-0.2, 0) is 6.42 Å². The van der Waals surface area contributed by atoms with Crippen molar-refractivity contribution in [3.63, 3.8) is 0 Å². The summed E-state index contributed by atoms with van der Waals surface area (Å²) in [6.45, 7) is 6.17. The van der Waals surface area contributed by atoms with E-state index in [0.717, 1.165) is 12.8 Å². The van der Waals surface area contributed by atoms with E-state index in [1.165, 1.54) is 0 Å². The molecule has 1 heterocycles. The van der Waals surface area contributed by atoms with E-state index in [1.807, 2.05) is 6.92 Å². The van der Waals surface area contributed by atoms with E-state index in [2.05, 4.69) is 24.0 Å². The van der Waals surface area contributed by atoms with Crippen molar-refractivity contribution in [2.45, 2.75) is 39.7 Å². The maximum atomic E-state index is 5.59. The van der Waals surface area contributed by atoms with E-state index in [9.17, 15) is 0 Å². The van der Waals surface area contributed by atoms with Crippen LogP contribution < -0.4 is 5.73 Å². The minimum absolute atomic E-state index is 0.166. The van der Waals surface area contributed by atoms with Gasteiger partial charge < -0.3 is 10.2 Å². The third kappa shape index (κ3) is 3.14. The van der Waals surface area contributed by atoms with Crippen molar-refractivity contribution in [1.29, 1.82) is 0 Å². The summed E-state index contributed by atoms with van der Waals surface area (Å²) >= 11 is 0. The van der Waals surface area contributed by atoms with Crippen molar-refractivity contribution in [1.82, 2.24) is 10.2 Å². The predicted octanol–water partition coefficient (Wildman–Crippen LogP) is 1.68. The van der Waals surface area contributed by atoms with Gasteiger partial charge in [0, 0.05) is 6.42 Å². The van der Waals surface area contributed by atoms with Gasteiger partial charge in [-0.1, -0.05) is 13.8 Å². The van der Waals surface area contributed by atoms with Gasteiger partial charge in [0.25, 0.3) is 0 Å². The Morgan fingerprint density at radius 1 is 1.31 bits per heavy atom. The van der Waals surface area contributed by atoms with Gasteiger partial charge >= 0.3 is 0 Å². The van der Waals surface area contributed by atoms with Crippen LogP contribution in [0.5, 0.6) is 0 Å². The molecule has 1 rings (SSSR count). The minimum atomic E-state index is -0.166. The molecular formula is C9H17N3O. The van der Waals surface area contributed by atoms with Crippen molar-refractivity contribution in [2.75, 3.05) is 0 Å². The first-order valence-electron chi connectivity index (χ1n) is 4.67. The van der Waals surface area contributed by atoms with Gasteiger partial charge in [-0.15, -0.1) is 10.2 Å². The Morgan fingerprint density at radius 2 is 2.00 bits per heavy atom. The first kappa shape index (κ1) is 10.2. The summed E-state index contributed by atoms with van der Waals surface area (Å²) in [5.41, 5.74) is 5.59. The largest absolute Gasteiger partial charge is 0.424 e. The number of rotatable bonds is 4. The minimum Gasteiger partial charge on any atom is -0.424 e. The second-order valence-electron chi connectivity index (χ2n) is 3.76. The average molecular weight is 183 g/mol. The fourth-order valence-corrected chi connectivity index (χ4v) is 0.964. The van der Waals surface area contributed by atoms with Gasteiger partial charge in [-0.3, -0.25) is 0 Å². The van der Waals surface area contributed by atoms with Gasteiger partial charge in [-0.2, -0.15) is 0 Å². The lowest BCUT2D eigenvalue weighted by atomic mass is 10.1. The summed E-state index contributed by atoms with van der Waals surface area (Å²) in [6.07, 6.45) is 1.91. The molecule has 1 unspecified atom stereocenters. The molecule has 0 aliphatic rings. The number of hydrogen-bond acceptors (Lipinski definition) is 4. The second-order valence-corrected chi connectivity index (χ2v) is 3.76. The molecule has 0 fully saturated rings. The van der Waals surface area contributed by atoms with Gasteiger partial charge in [0.1, 0.15) is 0 Å². The Labute approximate surface area is 78.5 Å². The molecule has 0 aromatic carbocycles. The molecule has 0 aliphatic carbocycles. The Hall–Kier alpha value is -0.900. The Kier molecular flexibility index (Phi) is 3.42. The van der Waals surface area contributed by atoms with Crippen LogP contribution in [0.25, 0.3) is 0 Å². The molecule has 2 N–H and O–H groups in total. The number of nitrogens with two attached hydrogens (primary N) is 1. The highest BCUT2D eigenvalue weighted by molar-refractivity contribution is 4.86. The van der Waals surface area contributed by atoms with Crippen molar-refractivity contribution < 1.29 is 4.42 Å². The van der Waals surface area contributed by atoms with E-state index in [0.29, 0.717) is 17.7 Å². The van der Waals surface area contributed by atoms with Gasteiger partial charge in [0.2, 0.25) is 11.8 Å². The summed E-state index contributed by atoms with van der Waals surface area (Å²) in [6, 6.07) is -0.166. The highest BCUT2D eigenvalue weighted by atomic mass is 16.4. The third-order valence-corrected chi connectivity index (χ3v) is 1.81. The number of aromatic nitrogens is 2. The zero-order chi connectivity index (χ0) is 9.84. The fraction of sp³-hybridized carbons (Fsp3) is 0.778. The lowest BCUT2D eigenvalue weighted by Crippen LogP contribution is -2.04. The number of nitrogens with zero attached hydrogens (tertiary/aromatic N) is 2. The van der Waals surface area contributed by atoms with Crippen molar-refractivity contribution in [3.8, 4) is 0 Å². The highest BCUT2D eigenvalue weighted by Gasteiger charge is 2.09. The number of aryl methyl sites for hydroxylation is 1. The lowest BCUT2D eigenvalue weighted by Gasteiger charge is -1.99. The van der Waals surface area contributed by atoms with Crippen molar-refractivity contribution >= 4 is 0 Å². The number of hydrogen-bond donors (Lipinski definition) is 1. The van der Waals surface area contributed by atoms with E-state index >= 15 is 0 Å². The molecule has 0 saturated carbocycles. The van der Waals surface area contributed by atoms with Crippen LogP contribution in [0.1, 0.15) is 45.0 Å². The molecule has 1 atom stereocenters. The molecule has 0 amide bonds. The van der Waals surface area contributed by atoms with Crippen LogP contribution in [0.4, 0.5) is 0 Å². The standard InChI is InChI=1S/C9H17N3O/c1-6(2)4-5-8-11-12-9(13-8)7(3)10/h6-7H,4-5,10H2,1-3H3. The summed E-state index contributed by atoms with van der Waals surface area (Å²) in [7, 11) is 0. The Balaban J connectivity index is 2.49. The maximum absolute atomic E-state index is 5.59. The van der Waals surface area contributed by atoms with Crippen LogP contribution in [0.15, 0.2) is 4.42 Å². The SMILES string of the molecule is CC(C)CCc1nnc(C(C)N)o1. The van der Waals surface area contributed by atoms with Crippen molar-refractivity contribution in [3.05, 3.63) is 11.8 Å². The molecule has 13 heavy (non-hydrogen) atoms. The molecule has 0 saturated heterocycles. The lowest BCUT2D eigenvalue weighted by molar-refractivity contribution is 0.412. The predicted molar refractivity (Wildman–Crippen MR) is 50.1 cm³/mol. The molecule has 0 aliphatic heterocycles. The van der Waals surface area contributed by atoms with Gasteiger partial charge in [0.05, 0.1) is 6.04 Å². The van der Waals surface area contributed by atoms with Crippen LogP contribution in [0, 0.1) is 5.92 Å². The molecular weight excluding hydrogens is 166 g/mol. The smallest absolute Gasteiger partial charge is 0.232 e. The Morgan fingerprint density at radius 3 is 2.46 bits per heavy atom. The van der Waals surface area contributed by atoms with E-state index < -0.39 is 0 Å². The van der Waals surface area contributed by atoms with E-state index in [1.54, 1.807) is 0 Å². The highest BCUT2D eigenvalue weighted by Crippen LogP contribution is 2.11. The topological polar surface area (TPSA) is 64.9 Å². The first-order valence-corrected chi connectivity index (χ1v) is 4.67. The van der Waals surface area contributed by atoms with Gasteiger partial charge in [-0.25, -0.2) is 0 Å². The normalized spacial score (nSPS) is 13.6. The molecule has 1 aromatic heterocycles. The summed E-state index contributed by atoms with van der Waals surface area (Å²) in [5.74, 6) is 1.88. The van der Waals surface area contributed by atoms with Crippen LogP contribution >= 0.6 is 0 Å². The summed E-state index contributed by atoms with van der Waals surface area (Å²) < 4.78 is 5.35. The summed E-state index contributed by atoms with van der Waals surface area (Å²) in [5, 5.41) is 7.76. The van der Waals surface area contributed by atoms with Crippen LogP contribution in [-0.4, -0.2) is 10.2 Å². The molecule has 0 spiro atoms. The zero-order valence-electron chi connectivity index (χ0n) is 8.45. The van der Waals surface area contributed by atoms with E-state index in [4.69, 9.17) is 10.2 Å². The monoisotopic (exact) mass is 183 g/mol. The fourth-order valence-electron chi connectivity index (χ4n) is 0.964. The molecule has 1 aromatic rings. The third-order valence-electron chi connectivity index (χ3n) is 1.81. The molecule has 0 bridgehead atoms. The van der Waals surface area contributed by atoms with Crippen LogP contribution in [0.2, 0.25) is 0 Å². The quantitative estimate of drug-likeness (QED) is 0.771. The van der Waals surface area contributed by atoms with Crippen LogP contribution in [0.3, 0.4) is 0 Å². The average Bonchev–Trinajstić information content (AvgIpc) is 2.48. The maximum Gasteiger partial charge on any atom is 0.232 e. The van der Waals surface area contributed by atoms with Gasteiger partial charge in [0.15, 0.2) is 0 Å². The van der Waals surface area contributed by atoms with E-state index in [-0.39, 0.29) is 6.04 Å². The zero-order valence-corrected chi connectivity index (χ0v) is 8.45. The van der Waals surface area contributed by atoms with Crippen molar-refractivity contribution in [2.24, 2.45) is 11.7 Å². The molecule has 74 valence electrons. The molecule has 0 radical (unpaired) electrons. The summed E-state index contributed by atoms with van der Waals surface area (Å²) in [4.78, 5) is 0. The Bertz CT molecular complexity index is 255. The molecule has 4 nitrogen and oxygen atoms in total. The second kappa shape index (κ2) is 4.37.